The van der Waals surface area contributed by atoms with Crippen LogP contribution in [0.25, 0.3) is 11.3 Å². The highest BCUT2D eigenvalue weighted by atomic mass is 16.6. The van der Waals surface area contributed by atoms with Crippen molar-refractivity contribution in [2.45, 2.75) is 32.8 Å². The van der Waals surface area contributed by atoms with E-state index in [1.54, 1.807) is 17.0 Å². The number of carbonyl (C=O) groups excluding carboxylic acids is 2. The van der Waals surface area contributed by atoms with Crippen molar-refractivity contribution in [1.29, 1.82) is 0 Å². The number of aromatic nitrogens is 1. The Hall–Kier alpha value is -2.89. The molecule has 28 heavy (non-hydrogen) atoms. The van der Waals surface area contributed by atoms with Crippen LogP contribution in [-0.2, 0) is 4.74 Å². The first-order valence-corrected chi connectivity index (χ1v) is 9.47. The highest BCUT2D eigenvalue weighted by molar-refractivity contribution is 5.78. The molecule has 1 saturated heterocycles. The van der Waals surface area contributed by atoms with Crippen LogP contribution in [0.5, 0.6) is 5.88 Å². The molecule has 6 nitrogen and oxygen atoms in total. The number of ether oxygens (including phenoxy) is 2. The molecular formula is C22H26N2O4. The Morgan fingerprint density at radius 1 is 1.25 bits per heavy atom. The molecule has 0 radical (unpaired) electrons. The van der Waals surface area contributed by atoms with E-state index in [0.717, 1.165) is 24.0 Å². The minimum atomic E-state index is -0.489. The van der Waals surface area contributed by atoms with E-state index in [1.165, 1.54) is 0 Å². The summed E-state index contributed by atoms with van der Waals surface area (Å²) in [6.45, 7) is 7.38. The zero-order valence-corrected chi connectivity index (χ0v) is 16.6. The number of nitrogens with zero attached hydrogens (tertiary/aromatic N) is 2. The number of hydrogen-bond donors (Lipinski definition) is 0. The zero-order chi connectivity index (χ0) is 20.1. The minimum Gasteiger partial charge on any atom is -0.477 e. The summed E-state index contributed by atoms with van der Waals surface area (Å²) in [7, 11) is 0. The Morgan fingerprint density at radius 2 is 2.04 bits per heavy atom. The average molecular weight is 382 g/mol. The van der Waals surface area contributed by atoms with Crippen molar-refractivity contribution >= 4 is 12.4 Å². The Labute approximate surface area is 165 Å². The second-order valence-electron chi connectivity index (χ2n) is 8.00. The van der Waals surface area contributed by atoms with Crippen molar-refractivity contribution in [3.8, 4) is 17.1 Å². The van der Waals surface area contributed by atoms with Gasteiger partial charge in [-0.3, -0.25) is 4.79 Å². The molecule has 1 amide bonds. The smallest absolute Gasteiger partial charge is 0.410 e. The normalized spacial score (nSPS) is 16.7. The first kappa shape index (κ1) is 19.9. The molecule has 1 aromatic heterocycles. The summed E-state index contributed by atoms with van der Waals surface area (Å²) >= 11 is 0. The summed E-state index contributed by atoms with van der Waals surface area (Å²) in [5.74, 6) is 0.779. The van der Waals surface area contributed by atoms with E-state index in [2.05, 4.69) is 4.98 Å². The molecule has 0 aliphatic carbocycles. The van der Waals surface area contributed by atoms with E-state index in [0.29, 0.717) is 31.1 Å². The lowest BCUT2D eigenvalue weighted by molar-refractivity contribution is 0.0284. The molecule has 0 spiro atoms. The van der Waals surface area contributed by atoms with Gasteiger partial charge in [0.2, 0.25) is 5.88 Å². The summed E-state index contributed by atoms with van der Waals surface area (Å²) in [5.41, 5.74) is 1.74. The predicted octanol–water partition coefficient (Wildman–Crippen LogP) is 4.20. The monoisotopic (exact) mass is 382 g/mol. The van der Waals surface area contributed by atoms with Gasteiger partial charge in [-0.2, -0.15) is 0 Å². The van der Waals surface area contributed by atoms with Crippen molar-refractivity contribution in [3.05, 3.63) is 48.0 Å². The van der Waals surface area contributed by atoms with Crippen LogP contribution in [0.3, 0.4) is 0 Å². The van der Waals surface area contributed by atoms with Crippen LogP contribution < -0.4 is 4.74 Å². The Morgan fingerprint density at radius 3 is 2.79 bits per heavy atom. The second kappa shape index (κ2) is 8.42. The van der Waals surface area contributed by atoms with Crippen LogP contribution in [0.4, 0.5) is 4.79 Å². The summed E-state index contributed by atoms with van der Waals surface area (Å²) in [4.78, 5) is 29.4. The molecule has 1 unspecified atom stereocenters. The van der Waals surface area contributed by atoms with E-state index in [-0.39, 0.29) is 12.0 Å². The molecule has 1 aromatic carbocycles. The molecule has 2 aromatic rings. The van der Waals surface area contributed by atoms with Gasteiger partial charge in [0, 0.05) is 36.2 Å². The van der Waals surface area contributed by atoms with Crippen molar-refractivity contribution < 1.29 is 19.1 Å². The van der Waals surface area contributed by atoms with Gasteiger partial charge in [0.05, 0.1) is 12.3 Å². The summed E-state index contributed by atoms with van der Waals surface area (Å²) in [6, 6.07) is 12.9. The van der Waals surface area contributed by atoms with E-state index in [1.807, 2.05) is 51.1 Å². The van der Waals surface area contributed by atoms with E-state index in [4.69, 9.17) is 9.47 Å². The van der Waals surface area contributed by atoms with Gasteiger partial charge < -0.3 is 14.4 Å². The van der Waals surface area contributed by atoms with Gasteiger partial charge in [-0.15, -0.1) is 0 Å². The van der Waals surface area contributed by atoms with Crippen molar-refractivity contribution in [2.24, 2.45) is 5.92 Å². The van der Waals surface area contributed by atoms with Crippen LogP contribution >= 0.6 is 0 Å². The summed E-state index contributed by atoms with van der Waals surface area (Å²) in [5, 5.41) is 0. The maximum Gasteiger partial charge on any atom is 0.410 e. The Balaban J connectivity index is 1.57. The largest absolute Gasteiger partial charge is 0.477 e. The standard InChI is InChI=1S/C22H26N2O4/c1-22(2,3)28-21(26)24-11-10-17(13-24)15-27-20-9-5-8-19(23-20)18-7-4-6-16(12-18)14-25/h4-9,12,14,17H,10-11,13,15H2,1-3H3. The van der Waals surface area contributed by atoms with E-state index < -0.39 is 5.60 Å². The highest BCUT2D eigenvalue weighted by Gasteiger charge is 2.30. The minimum absolute atomic E-state index is 0.247. The fourth-order valence-corrected chi connectivity index (χ4v) is 3.09. The SMILES string of the molecule is CC(C)(C)OC(=O)N1CCC(COc2cccc(-c3cccc(C=O)c3)n2)C1. The van der Waals surface area contributed by atoms with Crippen LogP contribution in [-0.4, -0.2) is 47.6 Å². The second-order valence-corrected chi connectivity index (χ2v) is 8.00. The first-order chi connectivity index (χ1) is 13.3. The maximum absolute atomic E-state index is 12.2. The van der Waals surface area contributed by atoms with Crippen molar-refractivity contribution in [2.75, 3.05) is 19.7 Å². The summed E-state index contributed by atoms with van der Waals surface area (Å²) in [6.07, 6.45) is 1.42. The average Bonchev–Trinajstić information content (AvgIpc) is 3.15. The fourth-order valence-electron chi connectivity index (χ4n) is 3.09. The predicted molar refractivity (Wildman–Crippen MR) is 106 cm³/mol. The number of likely N-dealkylation sites (tertiary alicyclic amines) is 1. The lowest BCUT2D eigenvalue weighted by Crippen LogP contribution is -2.35. The van der Waals surface area contributed by atoms with Gasteiger partial charge in [-0.05, 0) is 39.3 Å². The number of benzene rings is 1. The summed E-state index contributed by atoms with van der Waals surface area (Å²) < 4.78 is 11.3. The molecule has 3 rings (SSSR count). The number of amides is 1. The third kappa shape index (κ3) is 5.31. The number of rotatable bonds is 5. The van der Waals surface area contributed by atoms with Crippen LogP contribution in [0.15, 0.2) is 42.5 Å². The molecule has 6 heteroatoms. The number of aldehydes is 1. The van der Waals surface area contributed by atoms with Crippen LogP contribution in [0.2, 0.25) is 0 Å². The van der Waals surface area contributed by atoms with Crippen molar-refractivity contribution in [3.63, 3.8) is 0 Å². The molecule has 1 aliphatic heterocycles. The van der Waals surface area contributed by atoms with Gasteiger partial charge in [0.25, 0.3) is 0 Å². The number of pyridine rings is 1. The molecule has 1 fully saturated rings. The third-order valence-corrected chi connectivity index (χ3v) is 4.45. The number of hydrogen-bond acceptors (Lipinski definition) is 5. The van der Waals surface area contributed by atoms with Crippen LogP contribution in [0, 0.1) is 5.92 Å². The first-order valence-electron chi connectivity index (χ1n) is 9.47. The van der Waals surface area contributed by atoms with Gasteiger partial charge >= 0.3 is 6.09 Å². The molecule has 0 saturated carbocycles. The lowest BCUT2D eigenvalue weighted by atomic mass is 10.1. The molecule has 148 valence electrons. The quantitative estimate of drug-likeness (QED) is 0.725. The van der Waals surface area contributed by atoms with Gasteiger partial charge in [-0.1, -0.05) is 24.3 Å². The van der Waals surface area contributed by atoms with Crippen molar-refractivity contribution in [1.82, 2.24) is 9.88 Å². The van der Waals surface area contributed by atoms with Gasteiger partial charge in [-0.25, -0.2) is 9.78 Å². The molecule has 0 bridgehead atoms. The third-order valence-electron chi connectivity index (χ3n) is 4.45. The van der Waals surface area contributed by atoms with Crippen LogP contribution in [0.1, 0.15) is 37.6 Å². The molecule has 1 aliphatic rings. The molecular weight excluding hydrogens is 356 g/mol. The fraction of sp³-hybridized carbons (Fsp3) is 0.409. The topological polar surface area (TPSA) is 68.7 Å². The Bertz CT molecular complexity index is 844. The molecule has 2 heterocycles. The van der Waals surface area contributed by atoms with Gasteiger partial charge in [0.1, 0.15) is 11.9 Å². The number of carbonyl (C=O) groups is 2. The van der Waals surface area contributed by atoms with E-state index in [9.17, 15) is 9.59 Å². The van der Waals surface area contributed by atoms with Gasteiger partial charge in [0.15, 0.2) is 0 Å². The Kier molecular flexibility index (Phi) is 5.97. The zero-order valence-electron chi connectivity index (χ0n) is 16.6. The van der Waals surface area contributed by atoms with E-state index >= 15 is 0 Å². The molecule has 0 N–H and O–H groups in total. The maximum atomic E-state index is 12.2. The highest BCUT2D eigenvalue weighted by Crippen LogP contribution is 2.23. The molecule has 1 atom stereocenters. The lowest BCUT2D eigenvalue weighted by Gasteiger charge is -2.24.